The van der Waals surface area contributed by atoms with Crippen LogP contribution in [0.15, 0.2) is 53.3 Å². The lowest BCUT2D eigenvalue weighted by Crippen LogP contribution is -2.28. The molecule has 1 heterocycles. The first-order chi connectivity index (χ1) is 11.1. The van der Waals surface area contributed by atoms with Gasteiger partial charge in [0, 0.05) is 6.42 Å². The van der Waals surface area contributed by atoms with Gasteiger partial charge in [0.1, 0.15) is 5.82 Å². The van der Waals surface area contributed by atoms with E-state index in [4.69, 9.17) is 12.2 Å². The molecule has 0 fully saturated rings. The van der Waals surface area contributed by atoms with Gasteiger partial charge in [0.15, 0.2) is 0 Å². The molecule has 0 amide bonds. The number of aryl methyl sites for hydroxylation is 1. The zero-order valence-corrected chi connectivity index (χ0v) is 12.9. The van der Waals surface area contributed by atoms with Gasteiger partial charge in [0.2, 0.25) is 0 Å². The van der Waals surface area contributed by atoms with Gasteiger partial charge in [-0.3, -0.25) is 9.36 Å². The van der Waals surface area contributed by atoms with E-state index in [0.29, 0.717) is 23.1 Å². The molecule has 2 N–H and O–H groups in total. The van der Waals surface area contributed by atoms with Crippen molar-refractivity contribution < 1.29 is 0 Å². The predicted octanol–water partition coefficient (Wildman–Crippen LogP) is 2.72. The molecule has 23 heavy (non-hydrogen) atoms. The van der Waals surface area contributed by atoms with Gasteiger partial charge in [0.05, 0.1) is 22.6 Å². The van der Waals surface area contributed by atoms with Crippen LogP contribution in [0.4, 0.5) is 0 Å². The molecule has 0 aliphatic carbocycles. The van der Waals surface area contributed by atoms with Crippen molar-refractivity contribution in [3.8, 4) is 18.0 Å². The second kappa shape index (κ2) is 6.07. The molecule has 0 radical (unpaired) electrons. The van der Waals surface area contributed by atoms with Crippen LogP contribution in [0.5, 0.6) is 0 Å². The molecule has 1 atom stereocenters. The van der Waals surface area contributed by atoms with Gasteiger partial charge in [-0.1, -0.05) is 30.3 Å². The smallest absolute Gasteiger partial charge is 0.266 e. The number of para-hydroxylation sites is 1. The molecule has 0 aliphatic rings. The lowest BCUT2D eigenvalue weighted by atomic mass is 10.1. The minimum absolute atomic E-state index is 0.123. The van der Waals surface area contributed by atoms with Crippen LogP contribution in [-0.4, -0.2) is 9.55 Å². The highest BCUT2D eigenvalue weighted by atomic mass is 16.1. The molecule has 0 spiro atoms. The van der Waals surface area contributed by atoms with Gasteiger partial charge >= 0.3 is 0 Å². The highest BCUT2D eigenvalue weighted by molar-refractivity contribution is 5.81. The van der Waals surface area contributed by atoms with Gasteiger partial charge in [0.25, 0.3) is 5.56 Å². The molecule has 0 unspecified atom stereocenters. The van der Waals surface area contributed by atoms with Crippen molar-refractivity contribution in [2.75, 3.05) is 0 Å². The average molecular weight is 303 g/mol. The van der Waals surface area contributed by atoms with Gasteiger partial charge in [-0.2, -0.15) is 0 Å². The van der Waals surface area contributed by atoms with Gasteiger partial charge in [-0.25, -0.2) is 4.98 Å². The molecule has 0 saturated carbocycles. The molecule has 1 aromatic heterocycles. The van der Waals surface area contributed by atoms with Crippen molar-refractivity contribution in [1.82, 2.24) is 9.55 Å². The van der Waals surface area contributed by atoms with Crippen molar-refractivity contribution in [2.24, 2.45) is 5.73 Å². The van der Waals surface area contributed by atoms with Crippen LogP contribution >= 0.6 is 0 Å². The van der Waals surface area contributed by atoms with E-state index >= 15 is 0 Å². The maximum Gasteiger partial charge on any atom is 0.266 e. The number of hydrogen-bond acceptors (Lipinski definition) is 3. The Labute approximate surface area is 134 Å². The monoisotopic (exact) mass is 303 g/mol. The first-order valence-electron chi connectivity index (χ1n) is 7.40. The molecule has 2 aromatic carbocycles. The minimum atomic E-state index is -0.502. The fraction of sp³-hybridized carbons (Fsp3) is 0.158. The number of benzene rings is 2. The lowest BCUT2D eigenvalue weighted by Gasteiger charge is -2.17. The Balaban J connectivity index is 2.41. The van der Waals surface area contributed by atoms with Crippen LogP contribution in [0.25, 0.3) is 16.6 Å². The van der Waals surface area contributed by atoms with Crippen molar-refractivity contribution in [3.05, 3.63) is 70.3 Å². The Hall–Kier alpha value is -2.90. The Morgan fingerprint density at radius 1 is 1.22 bits per heavy atom. The van der Waals surface area contributed by atoms with Crippen LogP contribution in [0.2, 0.25) is 0 Å². The van der Waals surface area contributed by atoms with Crippen LogP contribution in [-0.2, 0) is 0 Å². The number of terminal acetylenes is 1. The number of aromatic nitrogens is 2. The van der Waals surface area contributed by atoms with Crippen LogP contribution in [0.3, 0.4) is 0 Å². The molecule has 4 nitrogen and oxygen atoms in total. The standard InChI is InChI=1S/C19H17N3O/c1-3-8-15(20)18-21-16-12-7-9-13(2)17(16)19(23)22(18)14-10-5-4-6-11-14/h1,4-7,9-12,15H,8,20H2,2H3/t15-/m1/s1. The second-order valence-corrected chi connectivity index (χ2v) is 5.43. The third kappa shape index (κ3) is 2.63. The number of nitrogens with two attached hydrogens (primary N) is 1. The normalized spacial score (nSPS) is 12.0. The summed E-state index contributed by atoms with van der Waals surface area (Å²) in [6.45, 7) is 1.90. The largest absolute Gasteiger partial charge is 0.321 e. The first kappa shape index (κ1) is 15.0. The van der Waals surface area contributed by atoms with Crippen molar-refractivity contribution in [2.45, 2.75) is 19.4 Å². The van der Waals surface area contributed by atoms with Gasteiger partial charge < -0.3 is 5.73 Å². The molecule has 3 rings (SSSR count). The highest BCUT2D eigenvalue weighted by Gasteiger charge is 2.18. The summed E-state index contributed by atoms with van der Waals surface area (Å²) in [5.74, 6) is 3.03. The topological polar surface area (TPSA) is 60.9 Å². The summed E-state index contributed by atoms with van der Waals surface area (Å²) in [5, 5.41) is 0.605. The van der Waals surface area contributed by atoms with Gasteiger partial charge in [-0.15, -0.1) is 12.3 Å². The molecule has 0 aliphatic heterocycles. The van der Waals surface area contributed by atoms with Crippen LogP contribution in [0, 0.1) is 19.3 Å². The number of hydrogen-bond donors (Lipinski definition) is 1. The quantitative estimate of drug-likeness (QED) is 0.757. The number of fused-ring (bicyclic) bond motifs is 1. The molecule has 0 bridgehead atoms. The van der Waals surface area contributed by atoms with E-state index in [0.717, 1.165) is 11.3 Å². The molecule has 3 aromatic rings. The highest BCUT2D eigenvalue weighted by Crippen LogP contribution is 2.20. The van der Waals surface area contributed by atoms with Crippen LogP contribution in [0.1, 0.15) is 23.9 Å². The molecule has 0 saturated heterocycles. The summed E-state index contributed by atoms with van der Waals surface area (Å²) >= 11 is 0. The fourth-order valence-corrected chi connectivity index (χ4v) is 2.71. The fourth-order valence-electron chi connectivity index (χ4n) is 2.71. The maximum absolute atomic E-state index is 13.1. The number of rotatable bonds is 3. The van der Waals surface area contributed by atoms with Crippen LogP contribution < -0.4 is 11.3 Å². The third-order valence-corrected chi connectivity index (χ3v) is 3.82. The van der Waals surface area contributed by atoms with E-state index in [1.165, 1.54) is 0 Å². The molecule has 4 heteroatoms. The molecular formula is C19H17N3O. The zero-order chi connectivity index (χ0) is 16.4. The Bertz CT molecular complexity index is 952. The maximum atomic E-state index is 13.1. The van der Waals surface area contributed by atoms with E-state index < -0.39 is 6.04 Å². The second-order valence-electron chi connectivity index (χ2n) is 5.43. The van der Waals surface area contributed by atoms with E-state index in [1.807, 2.05) is 55.5 Å². The number of nitrogens with zero attached hydrogens (tertiary/aromatic N) is 2. The van der Waals surface area contributed by atoms with E-state index in [1.54, 1.807) is 4.57 Å². The molecule has 114 valence electrons. The summed E-state index contributed by atoms with van der Waals surface area (Å²) in [6, 6.07) is 14.5. The van der Waals surface area contributed by atoms with Gasteiger partial charge in [-0.05, 0) is 30.7 Å². The lowest BCUT2D eigenvalue weighted by molar-refractivity contribution is 0.658. The summed E-state index contributed by atoms with van der Waals surface area (Å²) < 4.78 is 1.57. The Morgan fingerprint density at radius 3 is 2.65 bits per heavy atom. The van der Waals surface area contributed by atoms with E-state index in [9.17, 15) is 4.79 Å². The zero-order valence-electron chi connectivity index (χ0n) is 12.9. The average Bonchev–Trinajstić information content (AvgIpc) is 2.55. The van der Waals surface area contributed by atoms with Crippen molar-refractivity contribution >= 4 is 10.9 Å². The Morgan fingerprint density at radius 2 is 1.96 bits per heavy atom. The molecular weight excluding hydrogens is 286 g/mol. The Kier molecular flexibility index (Phi) is 3.96. The van der Waals surface area contributed by atoms with E-state index in [2.05, 4.69) is 10.9 Å². The minimum Gasteiger partial charge on any atom is -0.321 e. The van der Waals surface area contributed by atoms with E-state index in [-0.39, 0.29) is 5.56 Å². The first-order valence-corrected chi connectivity index (χ1v) is 7.40. The summed E-state index contributed by atoms with van der Waals surface area (Å²) in [5.41, 5.74) is 8.32. The SMILES string of the molecule is C#CC[C@@H](N)c1nc2cccc(C)c2c(=O)n1-c1ccccc1. The third-order valence-electron chi connectivity index (χ3n) is 3.82. The van der Waals surface area contributed by atoms with Crippen molar-refractivity contribution in [3.63, 3.8) is 0 Å². The predicted molar refractivity (Wildman–Crippen MR) is 92.5 cm³/mol. The summed E-state index contributed by atoms with van der Waals surface area (Å²) in [7, 11) is 0. The van der Waals surface area contributed by atoms with Crippen molar-refractivity contribution in [1.29, 1.82) is 0 Å². The summed E-state index contributed by atoms with van der Waals surface area (Å²) in [4.78, 5) is 17.7. The summed E-state index contributed by atoms with van der Waals surface area (Å²) in [6.07, 6.45) is 5.70.